The molecule has 2 heterocycles. The number of likely N-dealkylation sites (tertiary alicyclic amines) is 1. The van der Waals surface area contributed by atoms with Gasteiger partial charge in [0.1, 0.15) is 5.75 Å². The van der Waals surface area contributed by atoms with Crippen LogP contribution in [-0.4, -0.2) is 75.6 Å². The molecule has 2 fully saturated rings. The van der Waals surface area contributed by atoms with E-state index in [0.717, 1.165) is 31.4 Å². The summed E-state index contributed by atoms with van der Waals surface area (Å²) in [5.41, 5.74) is -1.28. The summed E-state index contributed by atoms with van der Waals surface area (Å²) in [4.78, 5) is 18.1. The number of aliphatic imine (C=N–C) groups is 1. The highest BCUT2D eigenvalue weighted by Crippen LogP contribution is 2.60. The van der Waals surface area contributed by atoms with Crippen molar-refractivity contribution in [3.63, 3.8) is 0 Å². The van der Waals surface area contributed by atoms with Gasteiger partial charge in [0.2, 0.25) is 6.10 Å². The van der Waals surface area contributed by atoms with Gasteiger partial charge in [0.25, 0.3) is 5.91 Å². The Bertz CT molecular complexity index is 1150. The summed E-state index contributed by atoms with van der Waals surface area (Å²) in [5.74, 6) is -1.56. The maximum Gasteiger partial charge on any atom is 0.427 e. The highest BCUT2D eigenvalue weighted by Gasteiger charge is 2.67. The van der Waals surface area contributed by atoms with Gasteiger partial charge in [0.15, 0.2) is 21.8 Å². The summed E-state index contributed by atoms with van der Waals surface area (Å²) >= 11 is 0. The van der Waals surface area contributed by atoms with Crippen molar-refractivity contribution in [2.24, 2.45) is 16.3 Å². The standard InChI is InChI=1S/C20H20F6N2O5S/c1-10(19(21,22)23)32-14-4-3-12(34(2,30)31)5-13(14)16(29)28-8-11-6-18(11,9-28)17-27-7-15(33-17)20(24,25)26/h3-5,10-11,15H,6-9H2,1-2H3. The van der Waals surface area contributed by atoms with Crippen LogP contribution in [0, 0.1) is 11.3 Å². The van der Waals surface area contributed by atoms with Gasteiger partial charge in [-0.3, -0.25) is 9.79 Å². The molecule has 1 saturated heterocycles. The van der Waals surface area contributed by atoms with Crippen molar-refractivity contribution >= 4 is 21.6 Å². The molecule has 2 aliphatic heterocycles. The Kier molecular flexibility index (Phi) is 5.61. The van der Waals surface area contributed by atoms with Crippen LogP contribution in [0.15, 0.2) is 28.1 Å². The van der Waals surface area contributed by atoms with E-state index in [1.807, 2.05) is 0 Å². The molecule has 34 heavy (non-hydrogen) atoms. The van der Waals surface area contributed by atoms with Gasteiger partial charge in [-0.05, 0) is 37.5 Å². The molecule has 1 saturated carbocycles. The molecule has 1 aromatic carbocycles. The number of fused-ring (bicyclic) bond motifs is 1. The zero-order chi connectivity index (χ0) is 25.3. The van der Waals surface area contributed by atoms with E-state index >= 15 is 0 Å². The summed E-state index contributed by atoms with van der Waals surface area (Å²) < 4.78 is 112. The molecular weight excluding hydrogens is 494 g/mol. The predicted molar refractivity (Wildman–Crippen MR) is 105 cm³/mol. The summed E-state index contributed by atoms with van der Waals surface area (Å²) in [6.07, 6.45) is -12.3. The molecule has 3 aliphatic rings. The number of hydrogen-bond acceptors (Lipinski definition) is 6. The lowest BCUT2D eigenvalue weighted by Gasteiger charge is -2.24. The molecule has 4 atom stereocenters. The van der Waals surface area contributed by atoms with E-state index < -0.39 is 63.6 Å². The normalized spacial score (nSPS) is 27.6. The zero-order valence-corrected chi connectivity index (χ0v) is 18.7. The first-order valence-electron chi connectivity index (χ1n) is 10.2. The second kappa shape index (κ2) is 7.75. The average molecular weight is 514 g/mol. The molecule has 0 bridgehead atoms. The van der Waals surface area contributed by atoms with Gasteiger partial charge in [-0.2, -0.15) is 26.3 Å². The van der Waals surface area contributed by atoms with Crippen LogP contribution in [0.3, 0.4) is 0 Å². The Morgan fingerprint density at radius 3 is 2.50 bits per heavy atom. The first-order chi connectivity index (χ1) is 15.5. The number of sulfone groups is 1. The Morgan fingerprint density at radius 2 is 1.94 bits per heavy atom. The van der Waals surface area contributed by atoms with Crippen LogP contribution in [0.5, 0.6) is 5.75 Å². The van der Waals surface area contributed by atoms with E-state index in [1.165, 1.54) is 4.90 Å². The van der Waals surface area contributed by atoms with E-state index in [0.29, 0.717) is 6.42 Å². The number of carbonyl (C=O) groups excluding carboxylic acids is 1. The lowest BCUT2D eigenvalue weighted by Crippen LogP contribution is -2.37. The fourth-order valence-corrected chi connectivity index (χ4v) is 4.87. The van der Waals surface area contributed by atoms with Gasteiger partial charge in [-0.1, -0.05) is 0 Å². The lowest BCUT2D eigenvalue weighted by molar-refractivity contribution is -0.191. The van der Waals surface area contributed by atoms with Crippen LogP contribution in [0.2, 0.25) is 0 Å². The number of alkyl halides is 6. The fraction of sp³-hybridized carbons (Fsp3) is 0.600. The second-order valence-corrected chi connectivity index (χ2v) is 10.8. The molecule has 4 rings (SSSR count). The van der Waals surface area contributed by atoms with Crippen molar-refractivity contribution in [2.45, 2.75) is 42.8 Å². The minimum absolute atomic E-state index is 0.0583. The van der Waals surface area contributed by atoms with Crippen LogP contribution >= 0.6 is 0 Å². The molecule has 1 aliphatic carbocycles. The smallest absolute Gasteiger partial charge is 0.427 e. The van der Waals surface area contributed by atoms with E-state index in [2.05, 4.69) is 4.99 Å². The molecule has 1 amide bonds. The van der Waals surface area contributed by atoms with Gasteiger partial charge in [0.05, 0.1) is 22.4 Å². The molecule has 0 N–H and O–H groups in total. The highest BCUT2D eigenvalue weighted by molar-refractivity contribution is 7.90. The largest absolute Gasteiger partial charge is 0.480 e. The third-order valence-electron chi connectivity index (χ3n) is 6.25. The van der Waals surface area contributed by atoms with Crippen LogP contribution < -0.4 is 4.74 Å². The monoisotopic (exact) mass is 514 g/mol. The number of carbonyl (C=O) groups is 1. The number of halogens is 6. The molecule has 4 unspecified atom stereocenters. The number of ether oxygens (including phenoxy) is 2. The molecule has 0 radical (unpaired) electrons. The molecule has 188 valence electrons. The lowest BCUT2D eigenvalue weighted by atomic mass is 10.1. The first-order valence-corrected chi connectivity index (χ1v) is 12.1. The SMILES string of the molecule is CC(Oc1ccc(S(C)(=O)=O)cc1C(=O)N1CC2CC2(C2=NCC(C(F)(F)F)O2)C1)C(F)(F)F. The number of hydrogen-bond donors (Lipinski definition) is 0. The van der Waals surface area contributed by atoms with Crippen LogP contribution in [0.25, 0.3) is 0 Å². The zero-order valence-electron chi connectivity index (χ0n) is 17.9. The van der Waals surface area contributed by atoms with Crippen molar-refractivity contribution in [3.05, 3.63) is 23.8 Å². The van der Waals surface area contributed by atoms with Crippen LogP contribution in [0.4, 0.5) is 26.3 Å². The molecule has 14 heteroatoms. The Labute approximate surface area is 190 Å². The molecule has 7 nitrogen and oxygen atoms in total. The maximum absolute atomic E-state index is 13.2. The summed E-state index contributed by atoms with van der Waals surface area (Å²) in [6, 6.07) is 2.96. The van der Waals surface area contributed by atoms with E-state index in [-0.39, 0.29) is 29.8 Å². The average Bonchev–Trinajstić information content (AvgIpc) is 3.07. The van der Waals surface area contributed by atoms with Crippen molar-refractivity contribution < 1.29 is 49.0 Å². The Balaban J connectivity index is 1.58. The third-order valence-corrected chi connectivity index (χ3v) is 7.36. The van der Waals surface area contributed by atoms with Crippen LogP contribution in [0.1, 0.15) is 23.7 Å². The number of piperidine rings is 1. The van der Waals surface area contributed by atoms with Crippen LogP contribution in [-0.2, 0) is 14.6 Å². The summed E-state index contributed by atoms with van der Waals surface area (Å²) in [7, 11) is -3.80. The van der Waals surface area contributed by atoms with Gasteiger partial charge in [0, 0.05) is 19.3 Å². The number of benzene rings is 1. The predicted octanol–water partition coefficient (Wildman–Crippen LogP) is 3.24. The van der Waals surface area contributed by atoms with Gasteiger partial charge >= 0.3 is 12.4 Å². The highest BCUT2D eigenvalue weighted by atomic mass is 32.2. The second-order valence-electron chi connectivity index (χ2n) is 8.77. The summed E-state index contributed by atoms with van der Waals surface area (Å²) in [5, 5.41) is 0. The van der Waals surface area contributed by atoms with Gasteiger partial charge in [-0.15, -0.1) is 0 Å². The number of amides is 1. The first kappa shape index (κ1) is 24.6. The van der Waals surface area contributed by atoms with E-state index in [4.69, 9.17) is 9.47 Å². The van der Waals surface area contributed by atoms with Crippen molar-refractivity contribution in [1.82, 2.24) is 4.90 Å². The van der Waals surface area contributed by atoms with E-state index in [9.17, 15) is 39.6 Å². The Morgan fingerprint density at radius 1 is 1.26 bits per heavy atom. The number of rotatable bonds is 5. The molecule has 1 aromatic rings. The van der Waals surface area contributed by atoms with E-state index in [1.54, 1.807) is 0 Å². The Hall–Kier alpha value is -2.51. The number of nitrogens with zero attached hydrogens (tertiary/aromatic N) is 2. The van der Waals surface area contributed by atoms with Crippen molar-refractivity contribution in [3.8, 4) is 5.75 Å². The fourth-order valence-electron chi connectivity index (χ4n) is 4.23. The van der Waals surface area contributed by atoms with Crippen molar-refractivity contribution in [1.29, 1.82) is 0 Å². The summed E-state index contributed by atoms with van der Waals surface area (Å²) in [6.45, 7) is 0.211. The molecule has 0 spiro atoms. The van der Waals surface area contributed by atoms with Gasteiger partial charge < -0.3 is 14.4 Å². The minimum Gasteiger partial charge on any atom is -0.480 e. The van der Waals surface area contributed by atoms with Gasteiger partial charge in [-0.25, -0.2) is 8.42 Å². The quantitative estimate of drug-likeness (QED) is 0.564. The van der Waals surface area contributed by atoms with Crippen molar-refractivity contribution in [2.75, 3.05) is 25.9 Å². The topological polar surface area (TPSA) is 85.3 Å². The maximum atomic E-state index is 13.2. The third kappa shape index (κ3) is 4.43. The molecule has 0 aromatic heterocycles. The minimum atomic E-state index is -4.73. The molecular formula is C20H20F6N2O5S.